The van der Waals surface area contributed by atoms with Crippen LogP contribution in [0.5, 0.6) is 0 Å². The number of benzene rings is 1. The summed E-state index contributed by atoms with van der Waals surface area (Å²) >= 11 is 0. The molecule has 0 aromatic heterocycles. The Kier molecular flexibility index (Phi) is 9.49. The van der Waals surface area contributed by atoms with Crippen LogP contribution >= 0.6 is 0 Å². The fourth-order valence-electron chi connectivity index (χ4n) is 2.90. The fourth-order valence-corrected chi connectivity index (χ4v) is 2.90. The second-order valence-corrected chi connectivity index (χ2v) is 5.81. The van der Waals surface area contributed by atoms with Crippen molar-refractivity contribution in [1.82, 2.24) is 0 Å². The van der Waals surface area contributed by atoms with Crippen LogP contribution in [0, 0.1) is 0 Å². The van der Waals surface area contributed by atoms with Gasteiger partial charge < -0.3 is 0 Å². The van der Waals surface area contributed by atoms with Crippen molar-refractivity contribution in [3.8, 4) is 0 Å². The van der Waals surface area contributed by atoms with Gasteiger partial charge in [0, 0.05) is 0 Å². The lowest BCUT2D eigenvalue weighted by molar-refractivity contribution is 0.509. The monoisotopic (exact) mass is 260 g/mol. The molecule has 0 unspecified atom stereocenters. The molecule has 0 aliphatic heterocycles. The van der Waals surface area contributed by atoms with Gasteiger partial charge >= 0.3 is 0 Å². The minimum Gasteiger partial charge on any atom is -0.0654 e. The Bertz CT molecular complexity index is 288. The number of hydrogen-bond donors (Lipinski definition) is 0. The van der Waals surface area contributed by atoms with Crippen molar-refractivity contribution in [3.05, 3.63) is 35.9 Å². The molecule has 0 amide bonds. The van der Waals surface area contributed by atoms with Crippen molar-refractivity contribution in [3.63, 3.8) is 0 Å². The molecule has 1 atom stereocenters. The van der Waals surface area contributed by atoms with E-state index in [1.165, 1.54) is 64.2 Å². The standard InChI is InChI=1S/C19H32/c1-3-5-6-7-8-9-11-15-18(14-4-2)19-16-12-10-13-17-19/h10,12-13,16-18H,3-9,11,14-15H2,1-2H3/t18-/m0/s1. The molecule has 0 N–H and O–H groups in total. The van der Waals surface area contributed by atoms with Crippen molar-refractivity contribution in [1.29, 1.82) is 0 Å². The summed E-state index contributed by atoms with van der Waals surface area (Å²) in [5.74, 6) is 0.793. The van der Waals surface area contributed by atoms with Gasteiger partial charge in [-0.1, -0.05) is 95.5 Å². The predicted molar refractivity (Wildman–Crippen MR) is 86.7 cm³/mol. The van der Waals surface area contributed by atoms with E-state index < -0.39 is 0 Å². The molecule has 108 valence electrons. The molecule has 0 nitrogen and oxygen atoms in total. The van der Waals surface area contributed by atoms with Crippen LogP contribution in [0.3, 0.4) is 0 Å². The van der Waals surface area contributed by atoms with Gasteiger partial charge in [0.15, 0.2) is 0 Å². The summed E-state index contributed by atoms with van der Waals surface area (Å²) in [6, 6.07) is 11.1. The third kappa shape index (κ3) is 7.40. The van der Waals surface area contributed by atoms with Gasteiger partial charge in [0.2, 0.25) is 0 Å². The third-order valence-electron chi connectivity index (χ3n) is 4.06. The van der Waals surface area contributed by atoms with E-state index in [9.17, 15) is 0 Å². The van der Waals surface area contributed by atoms with Gasteiger partial charge in [0.1, 0.15) is 0 Å². The topological polar surface area (TPSA) is 0 Å². The largest absolute Gasteiger partial charge is 0.0654 e. The van der Waals surface area contributed by atoms with Crippen LogP contribution in [0.2, 0.25) is 0 Å². The first-order valence-corrected chi connectivity index (χ1v) is 8.43. The second kappa shape index (κ2) is 11.1. The molecule has 0 aliphatic carbocycles. The molecule has 1 rings (SSSR count). The highest BCUT2D eigenvalue weighted by atomic mass is 14.1. The van der Waals surface area contributed by atoms with Crippen LogP contribution in [-0.2, 0) is 0 Å². The van der Waals surface area contributed by atoms with Crippen LogP contribution in [0.4, 0.5) is 0 Å². The number of hydrogen-bond acceptors (Lipinski definition) is 0. The average molecular weight is 260 g/mol. The van der Waals surface area contributed by atoms with Gasteiger partial charge in [0.25, 0.3) is 0 Å². The molecule has 0 saturated heterocycles. The van der Waals surface area contributed by atoms with E-state index >= 15 is 0 Å². The highest BCUT2D eigenvalue weighted by Gasteiger charge is 2.09. The predicted octanol–water partition coefficient (Wildman–Crippen LogP) is 6.71. The molecule has 0 bridgehead atoms. The van der Waals surface area contributed by atoms with E-state index in [1.807, 2.05) is 0 Å². The van der Waals surface area contributed by atoms with E-state index in [0.717, 1.165) is 5.92 Å². The summed E-state index contributed by atoms with van der Waals surface area (Å²) in [6.45, 7) is 4.59. The van der Waals surface area contributed by atoms with Crippen molar-refractivity contribution >= 4 is 0 Å². The minimum atomic E-state index is 0.793. The van der Waals surface area contributed by atoms with Crippen molar-refractivity contribution < 1.29 is 0 Å². The Morgan fingerprint density at radius 2 is 1.32 bits per heavy atom. The van der Waals surface area contributed by atoms with E-state index in [-0.39, 0.29) is 0 Å². The lowest BCUT2D eigenvalue weighted by Gasteiger charge is -2.16. The van der Waals surface area contributed by atoms with Crippen LogP contribution in [-0.4, -0.2) is 0 Å². The van der Waals surface area contributed by atoms with Gasteiger partial charge in [-0.05, 0) is 24.3 Å². The summed E-state index contributed by atoms with van der Waals surface area (Å²) < 4.78 is 0. The Morgan fingerprint density at radius 1 is 0.684 bits per heavy atom. The molecule has 0 fully saturated rings. The van der Waals surface area contributed by atoms with Crippen LogP contribution in [0.15, 0.2) is 30.3 Å². The van der Waals surface area contributed by atoms with Gasteiger partial charge in [-0.25, -0.2) is 0 Å². The van der Waals surface area contributed by atoms with Crippen LogP contribution < -0.4 is 0 Å². The zero-order valence-corrected chi connectivity index (χ0v) is 13.0. The molecular formula is C19H32. The molecule has 19 heavy (non-hydrogen) atoms. The van der Waals surface area contributed by atoms with Gasteiger partial charge in [-0.3, -0.25) is 0 Å². The van der Waals surface area contributed by atoms with Gasteiger partial charge in [-0.15, -0.1) is 0 Å². The van der Waals surface area contributed by atoms with E-state index in [0.29, 0.717) is 0 Å². The summed E-state index contributed by atoms with van der Waals surface area (Å²) in [5.41, 5.74) is 1.55. The maximum absolute atomic E-state index is 2.31. The molecule has 1 aromatic carbocycles. The Morgan fingerprint density at radius 3 is 1.95 bits per heavy atom. The molecule has 0 aliphatic rings. The zero-order chi connectivity index (χ0) is 13.8. The first-order valence-electron chi connectivity index (χ1n) is 8.43. The summed E-state index contributed by atoms with van der Waals surface area (Å²) in [6.07, 6.45) is 14.0. The SMILES string of the molecule is CCCCCCCCC[C@H](CCC)c1ccccc1. The van der Waals surface area contributed by atoms with Crippen molar-refractivity contribution in [2.75, 3.05) is 0 Å². The molecule has 0 spiro atoms. The minimum absolute atomic E-state index is 0.793. The van der Waals surface area contributed by atoms with Gasteiger partial charge in [-0.2, -0.15) is 0 Å². The van der Waals surface area contributed by atoms with E-state index in [2.05, 4.69) is 44.2 Å². The molecular weight excluding hydrogens is 228 g/mol. The van der Waals surface area contributed by atoms with Crippen molar-refractivity contribution in [2.24, 2.45) is 0 Å². The Labute approximate surface area is 120 Å². The molecule has 0 radical (unpaired) electrons. The first-order chi connectivity index (χ1) is 9.38. The van der Waals surface area contributed by atoms with Crippen LogP contribution in [0.1, 0.15) is 89.5 Å². The fraction of sp³-hybridized carbons (Fsp3) is 0.684. The van der Waals surface area contributed by atoms with Gasteiger partial charge in [0.05, 0.1) is 0 Å². The molecule has 1 aromatic rings. The summed E-state index contributed by atoms with van der Waals surface area (Å²) in [5, 5.41) is 0. The maximum Gasteiger partial charge on any atom is -0.0162 e. The zero-order valence-electron chi connectivity index (χ0n) is 13.0. The number of rotatable bonds is 11. The normalized spacial score (nSPS) is 12.5. The lowest BCUT2D eigenvalue weighted by atomic mass is 9.89. The van der Waals surface area contributed by atoms with Crippen molar-refractivity contribution in [2.45, 2.75) is 84.0 Å². The molecule has 0 heteroatoms. The van der Waals surface area contributed by atoms with E-state index in [1.54, 1.807) is 5.56 Å². The average Bonchev–Trinajstić information content (AvgIpc) is 2.46. The smallest absolute Gasteiger partial charge is 0.0162 e. The van der Waals surface area contributed by atoms with E-state index in [4.69, 9.17) is 0 Å². The summed E-state index contributed by atoms with van der Waals surface area (Å²) in [4.78, 5) is 0. The van der Waals surface area contributed by atoms with Crippen LogP contribution in [0.25, 0.3) is 0 Å². The number of unbranched alkanes of at least 4 members (excludes halogenated alkanes) is 6. The first kappa shape index (κ1) is 16.3. The Hall–Kier alpha value is -0.780. The summed E-state index contributed by atoms with van der Waals surface area (Å²) in [7, 11) is 0. The highest BCUT2D eigenvalue weighted by molar-refractivity contribution is 5.19. The lowest BCUT2D eigenvalue weighted by Crippen LogP contribution is -1.98. The molecule has 0 heterocycles. The Balaban J connectivity index is 2.20. The third-order valence-corrected chi connectivity index (χ3v) is 4.06. The maximum atomic E-state index is 2.31. The second-order valence-electron chi connectivity index (χ2n) is 5.81. The quantitative estimate of drug-likeness (QED) is 0.388. The molecule has 0 saturated carbocycles. The highest BCUT2D eigenvalue weighted by Crippen LogP contribution is 2.27.